The molecule has 2 saturated heterocycles. The molecule has 7 N–H and O–H groups in total. The lowest BCUT2D eigenvalue weighted by atomic mass is 9.95. The fourth-order valence-corrected chi connectivity index (χ4v) is 14.9. The van der Waals surface area contributed by atoms with Gasteiger partial charge in [0.05, 0.1) is 87.0 Å². The Balaban J connectivity index is 0.556. The Morgan fingerprint density at radius 3 is 1.99 bits per heavy atom. The van der Waals surface area contributed by atoms with Crippen LogP contribution in [-0.4, -0.2) is 174 Å². The summed E-state index contributed by atoms with van der Waals surface area (Å²) in [5, 5.41) is 37.7. The number of aliphatic hydroxyl groups excluding tert-OH is 1. The number of carbonyl (C=O) groups is 9. The first kappa shape index (κ1) is 72.6. The van der Waals surface area contributed by atoms with Gasteiger partial charge in [0, 0.05) is 73.5 Å². The third kappa shape index (κ3) is 15.6. The molecule has 13 rings (SSSR count). The van der Waals surface area contributed by atoms with Crippen LogP contribution in [0.2, 0.25) is 0 Å². The van der Waals surface area contributed by atoms with Crippen molar-refractivity contribution in [2.75, 3.05) is 80.6 Å². The second-order valence-electron chi connectivity index (χ2n) is 29.3. The molecule has 7 aliphatic rings. The standard InChI is InChI=1S/C77H91N13O15/c1-44(2)67(83-65(93)39-80-64(92)38-79-63(91)23-24-66(94)86-40-48-15-9-10-16-51(48)68-69(90(45(3)4)85-84-68)52-17-11-12-18-56(52)86)71(96)81-46(5)70(95)82-49-21-19-47(20-22-49)41-105-75(100)89-57-34-62(60(102-7)32-54(57)73(98)88-43-77(27-28-77)36-58(88)74(89)99)104-30-14-8-13-29-103-61-33-55-53(31-59(61)101-6)72(97)87-42-76(25-26-76)35-50(87)37-78-55/h9-12,15-22,31-34,44-46,50,58,67,74,78,99H,8,13-14,23-30,35-43H2,1-7H3,(H,79,91)(H,80,92)(H,81,96)(H,82,95)(H,83,93)/t46-,50-,58-,67-,74-/m0/s1. The van der Waals surface area contributed by atoms with Crippen LogP contribution in [0, 0.1) is 16.7 Å². The Labute approximate surface area is 608 Å². The van der Waals surface area contributed by atoms with E-state index in [4.69, 9.17) is 23.7 Å². The van der Waals surface area contributed by atoms with Gasteiger partial charge in [0.15, 0.2) is 29.2 Å². The number of hydrogen-bond donors (Lipinski definition) is 7. The summed E-state index contributed by atoms with van der Waals surface area (Å²) < 4.78 is 31.7. The maximum atomic E-state index is 14.5. The van der Waals surface area contributed by atoms with Gasteiger partial charge in [0.25, 0.3) is 11.8 Å². The number of nitrogens with one attached hydrogen (secondary N) is 6. The van der Waals surface area contributed by atoms with Crippen LogP contribution in [0.1, 0.15) is 143 Å². The minimum absolute atomic E-state index is 0.0183. The molecular formula is C77H91N13O15. The third-order valence-electron chi connectivity index (χ3n) is 21.1. The molecule has 28 heteroatoms. The number of methoxy groups -OCH3 is 2. The van der Waals surface area contributed by atoms with Crippen LogP contribution in [0.25, 0.3) is 22.5 Å². The number of aromatic nitrogens is 3. The summed E-state index contributed by atoms with van der Waals surface area (Å²) in [5.41, 5.74) is 7.19. The number of fused-ring (bicyclic) bond motifs is 9. The normalized spacial score (nSPS) is 18.7. The first-order chi connectivity index (χ1) is 50.5. The van der Waals surface area contributed by atoms with E-state index in [2.05, 4.69) is 42.2 Å². The molecule has 5 atom stereocenters. The molecule has 105 heavy (non-hydrogen) atoms. The van der Waals surface area contributed by atoms with Crippen molar-refractivity contribution < 1.29 is 71.9 Å². The van der Waals surface area contributed by atoms with E-state index in [0.29, 0.717) is 90.5 Å². The smallest absolute Gasteiger partial charge is 0.416 e. The summed E-state index contributed by atoms with van der Waals surface area (Å²) in [6.45, 7) is 10.4. The number of anilines is 4. The number of amides is 9. The van der Waals surface area contributed by atoms with Crippen LogP contribution in [0.3, 0.4) is 0 Å². The highest BCUT2D eigenvalue weighted by atomic mass is 16.6. The van der Waals surface area contributed by atoms with Crippen molar-refractivity contribution in [1.29, 1.82) is 0 Å². The SMILES string of the molecule is COc1cc2c(cc1OCCCCCOc1cc3c(cc1OC)C(=O)N1CC4(CC4)C[C@H]1[C@H](O)N3C(=O)OCc1ccc(NC(=O)[C@H](C)NC(=O)[C@@H](NC(=O)CNC(=O)CNC(=O)CCC(=O)N3Cc4ccccc4-c4nnn(C(C)C)c4-c4ccccc43)C(C)C)cc1)NC[C@@H]1CC3(CC3)CN1C2=O. The summed E-state index contributed by atoms with van der Waals surface area (Å²) in [4.78, 5) is 129. The Bertz CT molecular complexity index is 4360. The highest BCUT2D eigenvalue weighted by molar-refractivity contribution is 6.07. The molecule has 5 aromatic carbocycles. The van der Waals surface area contributed by atoms with E-state index < -0.39 is 79.0 Å². The molecule has 2 spiro atoms. The minimum atomic E-state index is -1.47. The largest absolute Gasteiger partial charge is 0.493 e. The van der Waals surface area contributed by atoms with Crippen LogP contribution in [0.15, 0.2) is 97.1 Å². The number of rotatable bonds is 26. The summed E-state index contributed by atoms with van der Waals surface area (Å²) in [6, 6.07) is 25.5. The molecule has 2 saturated carbocycles. The van der Waals surface area contributed by atoms with Gasteiger partial charge in [-0.1, -0.05) is 73.7 Å². The maximum absolute atomic E-state index is 14.5. The first-order valence-electron chi connectivity index (χ1n) is 36.2. The molecule has 0 unspecified atom stereocenters. The predicted octanol–water partition coefficient (Wildman–Crippen LogP) is 7.87. The summed E-state index contributed by atoms with van der Waals surface area (Å²) >= 11 is 0. The maximum Gasteiger partial charge on any atom is 0.416 e. The predicted molar refractivity (Wildman–Crippen MR) is 387 cm³/mol. The quantitative estimate of drug-likeness (QED) is 0.0254. The van der Waals surface area contributed by atoms with Gasteiger partial charge in [-0.3, -0.25) is 38.4 Å². The van der Waals surface area contributed by atoms with Gasteiger partial charge in [0.1, 0.15) is 24.4 Å². The second-order valence-corrected chi connectivity index (χ2v) is 29.3. The summed E-state index contributed by atoms with van der Waals surface area (Å²) in [6.07, 6.45) is 4.92. The van der Waals surface area contributed by atoms with Gasteiger partial charge >= 0.3 is 6.09 Å². The number of carbonyl (C=O) groups excluding carboxylic acids is 9. The molecule has 0 radical (unpaired) electrons. The topological polar surface area (TPSA) is 336 Å². The van der Waals surface area contributed by atoms with Crippen LogP contribution < -0.4 is 60.6 Å². The lowest BCUT2D eigenvalue weighted by Crippen LogP contribution is -2.55. The molecule has 1 aromatic heterocycles. The van der Waals surface area contributed by atoms with Gasteiger partial charge < -0.3 is 75.4 Å². The Kier molecular flexibility index (Phi) is 21.1. The zero-order chi connectivity index (χ0) is 74.0. The molecule has 9 amide bonds. The van der Waals surface area contributed by atoms with Crippen molar-refractivity contribution in [3.63, 3.8) is 0 Å². The second kappa shape index (κ2) is 30.5. The van der Waals surface area contributed by atoms with Crippen molar-refractivity contribution in [2.24, 2.45) is 16.7 Å². The van der Waals surface area contributed by atoms with Crippen molar-refractivity contribution in [3.8, 4) is 45.5 Å². The van der Waals surface area contributed by atoms with E-state index in [0.717, 1.165) is 58.8 Å². The number of hydrogen-bond acceptors (Lipinski definition) is 18. The lowest BCUT2D eigenvalue weighted by molar-refractivity contribution is -0.132. The van der Waals surface area contributed by atoms with Crippen molar-refractivity contribution in [3.05, 3.63) is 119 Å². The van der Waals surface area contributed by atoms with Crippen LogP contribution >= 0.6 is 0 Å². The molecule has 2 aliphatic carbocycles. The number of nitrogens with zero attached hydrogens (tertiary/aromatic N) is 7. The summed E-state index contributed by atoms with van der Waals surface area (Å²) in [7, 11) is 3.03. The van der Waals surface area contributed by atoms with Crippen molar-refractivity contribution >= 4 is 76.1 Å². The fraction of sp³-hybridized carbons (Fsp3) is 0.468. The van der Waals surface area contributed by atoms with Crippen molar-refractivity contribution in [2.45, 2.75) is 155 Å². The van der Waals surface area contributed by atoms with E-state index in [1.165, 1.54) is 32.9 Å². The molecule has 554 valence electrons. The summed E-state index contributed by atoms with van der Waals surface area (Å²) in [5.74, 6) is -2.72. The van der Waals surface area contributed by atoms with Gasteiger partial charge in [-0.15, -0.1) is 5.10 Å². The van der Waals surface area contributed by atoms with Gasteiger partial charge in [-0.2, -0.15) is 0 Å². The molecule has 4 fully saturated rings. The van der Waals surface area contributed by atoms with E-state index in [1.807, 2.05) is 78.0 Å². The van der Waals surface area contributed by atoms with Crippen LogP contribution in [0.5, 0.6) is 23.0 Å². The number of ether oxygens (including phenoxy) is 5. The highest BCUT2D eigenvalue weighted by Crippen LogP contribution is 2.58. The molecule has 28 nitrogen and oxygen atoms in total. The zero-order valence-corrected chi connectivity index (χ0v) is 60.2. The molecule has 0 bridgehead atoms. The molecule has 6 aromatic rings. The molecular weight excluding hydrogens is 1350 g/mol. The number of para-hydroxylation sites is 1. The Morgan fingerprint density at radius 2 is 1.30 bits per heavy atom. The lowest BCUT2D eigenvalue weighted by Gasteiger charge is -2.31. The van der Waals surface area contributed by atoms with Gasteiger partial charge in [-0.05, 0) is 137 Å². The number of benzene rings is 5. The van der Waals surface area contributed by atoms with E-state index in [1.54, 1.807) is 67.2 Å². The average Bonchev–Trinajstić information content (AvgIpc) is 1.58. The third-order valence-corrected chi connectivity index (χ3v) is 21.1. The highest BCUT2D eigenvalue weighted by Gasteiger charge is 2.58. The van der Waals surface area contributed by atoms with Crippen LogP contribution in [0.4, 0.5) is 27.5 Å². The number of aliphatic hydroxyl groups is 1. The molecule has 6 heterocycles. The first-order valence-corrected chi connectivity index (χ1v) is 36.2. The van der Waals surface area contributed by atoms with Gasteiger partial charge in [0.2, 0.25) is 35.4 Å². The molecule has 5 aliphatic heterocycles. The van der Waals surface area contributed by atoms with E-state index in [9.17, 15) is 48.3 Å². The zero-order valence-electron chi connectivity index (χ0n) is 60.2. The monoisotopic (exact) mass is 1440 g/mol. The Hall–Kier alpha value is -10.8. The minimum Gasteiger partial charge on any atom is -0.493 e. The Morgan fingerprint density at radius 1 is 0.657 bits per heavy atom. The van der Waals surface area contributed by atoms with E-state index >= 15 is 0 Å². The average molecular weight is 1440 g/mol. The van der Waals surface area contributed by atoms with Gasteiger partial charge in [-0.25, -0.2) is 14.4 Å². The van der Waals surface area contributed by atoms with Crippen LogP contribution in [-0.2, 0) is 46.7 Å². The van der Waals surface area contributed by atoms with E-state index in [-0.39, 0.29) is 90.6 Å². The van der Waals surface area contributed by atoms with Crippen molar-refractivity contribution in [1.82, 2.24) is 46.1 Å². The number of unbranched alkanes of at least 4 members (excludes halogenated alkanes) is 2. The fourth-order valence-electron chi connectivity index (χ4n) is 14.9.